The molecule has 7 nitrogen and oxygen atoms in total. The van der Waals surface area contributed by atoms with Gasteiger partial charge in [0, 0.05) is 6.20 Å². The Kier molecular flexibility index (Phi) is 4.07. The van der Waals surface area contributed by atoms with E-state index < -0.39 is 5.97 Å². The minimum atomic E-state index is -0.991. The average molecular weight is 322 g/mol. The van der Waals surface area contributed by atoms with E-state index in [9.17, 15) is 9.59 Å². The molecule has 7 heteroatoms. The lowest BCUT2D eigenvalue weighted by molar-refractivity contribution is 0.0696. The number of fused-ring (bicyclic) bond motifs is 1. The zero-order chi connectivity index (χ0) is 17.1. The van der Waals surface area contributed by atoms with E-state index in [-0.39, 0.29) is 11.5 Å². The fourth-order valence-corrected chi connectivity index (χ4v) is 2.32. The number of carbonyl (C=O) groups excluding carboxylic acids is 1. The molecule has 0 saturated carbocycles. The SMILES string of the molecule is Cc1nc2ccccn2c1C(=O)N/N=C/c1ccc(C(=O)O)cc1. The topological polar surface area (TPSA) is 96.1 Å². The van der Waals surface area contributed by atoms with Gasteiger partial charge in [0.25, 0.3) is 5.91 Å². The first kappa shape index (κ1) is 15.4. The summed E-state index contributed by atoms with van der Waals surface area (Å²) in [7, 11) is 0. The molecule has 0 aliphatic heterocycles. The van der Waals surface area contributed by atoms with Crippen molar-refractivity contribution in [3.8, 4) is 0 Å². The van der Waals surface area contributed by atoms with Crippen molar-refractivity contribution in [2.75, 3.05) is 0 Å². The molecule has 3 rings (SSSR count). The maximum atomic E-state index is 12.3. The third-order valence-corrected chi connectivity index (χ3v) is 3.46. The van der Waals surface area contributed by atoms with Gasteiger partial charge in [-0.3, -0.25) is 9.20 Å². The van der Waals surface area contributed by atoms with Crippen molar-refractivity contribution in [3.05, 3.63) is 71.2 Å². The molecule has 0 fully saturated rings. The number of carboxylic acids is 1. The summed E-state index contributed by atoms with van der Waals surface area (Å²) in [6.45, 7) is 1.76. The van der Waals surface area contributed by atoms with Gasteiger partial charge in [0.15, 0.2) is 0 Å². The number of amides is 1. The van der Waals surface area contributed by atoms with Crippen LogP contribution in [0.1, 0.15) is 32.1 Å². The number of hydrogen-bond acceptors (Lipinski definition) is 4. The molecular formula is C17H14N4O3. The quantitative estimate of drug-likeness (QED) is 0.568. The van der Waals surface area contributed by atoms with Crippen LogP contribution in [0, 0.1) is 6.92 Å². The number of hydrogen-bond donors (Lipinski definition) is 2. The molecule has 0 radical (unpaired) electrons. The fourth-order valence-electron chi connectivity index (χ4n) is 2.32. The van der Waals surface area contributed by atoms with Gasteiger partial charge in [0.2, 0.25) is 0 Å². The number of hydrazone groups is 1. The molecule has 0 saturated heterocycles. The number of imidazole rings is 1. The Morgan fingerprint density at radius 3 is 2.67 bits per heavy atom. The highest BCUT2D eigenvalue weighted by molar-refractivity contribution is 5.95. The molecule has 0 atom stereocenters. The summed E-state index contributed by atoms with van der Waals surface area (Å²) in [5.74, 6) is -1.36. The van der Waals surface area contributed by atoms with E-state index in [0.29, 0.717) is 22.6 Å². The van der Waals surface area contributed by atoms with Crippen molar-refractivity contribution < 1.29 is 14.7 Å². The third-order valence-electron chi connectivity index (χ3n) is 3.46. The van der Waals surface area contributed by atoms with Crippen LogP contribution in [0.3, 0.4) is 0 Å². The number of nitrogens with zero attached hydrogens (tertiary/aromatic N) is 3. The first-order chi connectivity index (χ1) is 11.6. The summed E-state index contributed by atoms with van der Waals surface area (Å²) in [6, 6.07) is 11.6. The molecule has 2 heterocycles. The zero-order valence-electron chi connectivity index (χ0n) is 12.8. The second-order valence-corrected chi connectivity index (χ2v) is 5.10. The summed E-state index contributed by atoms with van der Waals surface area (Å²) >= 11 is 0. The van der Waals surface area contributed by atoms with Crippen molar-refractivity contribution in [3.63, 3.8) is 0 Å². The van der Waals surface area contributed by atoms with Crippen LogP contribution in [0.15, 0.2) is 53.8 Å². The largest absolute Gasteiger partial charge is 0.478 e. The Morgan fingerprint density at radius 1 is 1.21 bits per heavy atom. The lowest BCUT2D eigenvalue weighted by atomic mass is 10.1. The number of aryl methyl sites for hydroxylation is 1. The lowest BCUT2D eigenvalue weighted by Gasteiger charge is -2.01. The number of benzene rings is 1. The van der Waals surface area contributed by atoms with Crippen molar-refractivity contribution in [1.29, 1.82) is 0 Å². The maximum Gasteiger partial charge on any atom is 0.335 e. The van der Waals surface area contributed by atoms with E-state index in [4.69, 9.17) is 5.11 Å². The molecule has 0 unspecified atom stereocenters. The van der Waals surface area contributed by atoms with E-state index in [2.05, 4.69) is 15.5 Å². The summed E-state index contributed by atoms with van der Waals surface area (Å²) in [5.41, 5.74) is 5.05. The third kappa shape index (κ3) is 3.00. The average Bonchev–Trinajstić information content (AvgIpc) is 2.91. The van der Waals surface area contributed by atoms with Gasteiger partial charge in [-0.25, -0.2) is 15.2 Å². The molecule has 2 N–H and O–H groups in total. The van der Waals surface area contributed by atoms with E-state index in [1.807, 2.05) is 18.2 Å². The highest BCUT2D eigenvalue weighted by Crippen LogP contribution is 2.11. The molecule has 0 aliphatic carbocycles. The van der Waals surface area contributed by atoms with E-state index in [1.54, 1.807) is 29.7 Å². The maximum absolute atomic E-state index is 12.3. The molecule has 0 aliphatic rings. The van der Waals surface area contributed by atoms with Crippen LogP contribution in [0.2, 0.25) is 0 Å². The van der Waals surface area contributed by atoms with Gasteiger partial charge in [-0.1, -0.05) is 18.2 Å². The molecule has 120 valence electrons. The Morgan fingerprint density at radius 2 is 1.96 bits per heavy atom. The van der Waals surface area contributed by atoms with Crippen LogP contribution >= 0.6 is 0 Å². The Balaban J connectivity index is 1.75. The molecule has 2 aromatic heterocycles. The van der Waals surface area contributed by atoms with Gasteiger partial charge < -0.3 is 5.11 Å². The first-order valence-electron chi connectivity index (χ1n) is 7.17. The van der Waals surface area contributed by atoms with E-state index in [0.717, 1.165) is 0 Å². The molecule has 1 aromatic carbocycles. The van der Waals surface area contributed by atoms with E-state index >= 15 is 0 Å². The van der Waals surface area contributed by atoms with Gasteiger partial charge >= 0.3 is 5.97 Å². The highest BCUT2D eigenvalue weighted by Gasteiger charge is 2.15. The lowest BCUT2D eigenvalue weighted by Crippen LogP contribution is -2.20. The number of carboxylic acid groups (broad SMARTS) is 1. The van der Waals surface area contributed by atoms with Gasteiger partial charge in [-0.2, -0.15) is 5.10 Å². The number of rotatable bonds is 4. The number of nitrogens with one attached hydrogen (secondary N) is 1. The molecule has 24 heavy (non-hydrogen) atoms. The molecule has 0 bridgehead atoms. The number of aromatic carboxylic acids is 1. The minimum Gasteiger partial charge on any atom is -0.478 e. The smallest absolute Gasteiger partial charge is 0.335 e. The van der Waals surface area contributed by atoms with Gasteiger partial charge in [-0.15, -0.1) is 0 Å². The monoisotopic (exact) mass is 322 g/mol. The summed E-state index contributed by atoms with van der Waals surface area (Å²) < 4.78 is 1.70. The second-order valence-electron chi connectivity index (χ2n) is 5.10. The number of aromatic nitrogens is 2. The van der Waals surface area contributed by atoms with Crippen molar-refractivity contribution in [2.45, 2.75) is 6.92 Å². The standard InChI is InChI=1S/C17H14N4O3/c1-11-15(21-9-3-2-4-14(21)19-11)16(22)20-18-10-12-5-7-13(8-6-12)17(23)24/h2-10H,1H3,(H,20,22)(H,23,24)/b18-10+. The summed E-state index contributed by atoms with van der Waals surface area (Å²) in [4.78, 5) is 27.4. The van der Waals surface area contributed by atoms with Crippen LogP contribution in [0.4, 0.5) is 0 Å². The van der Waals surface area contributed by atoms with Gasteiger partial charge in [0.1, 0.15) is 11.3 Å². The zero-order valence-corrected chi connectivity index (χ0v) is 12.8. The first-order valence-corrected chi connectivity index (χ1v) is 7.17. The summed E-state index contributed by atoms with van der Waals surface area (Å²) in [5, 5.41) is 12.8. The minimum absolute atomic E-state index is 0.192. The Bertz CT molecular complexity index is 942. The van der Waals surface area contributed by atoms with Crippen LogP contribution in [0.5, 0.6) is 0 Å². The van der Waals surface area contributed by atoms with Gasteiger partial charge in [0.05, 0.1) is 17.5 Å². The van der Waals surface area contributed by atoms with Crippen LogP contribution < -0.4 is 5.43 Å². The fraction of sp³-hybridized carbons (Fsp3) is 0.0588. The van der Waals surface area contributed by atoms with Crippen LogP contribution in [-0.4, -0.2) is 32.6 Å². The molecule has 0 spiro atoms. The number of pyridine rings is 1. The normalized spacial score (nSPS) is 11.0. The van der Waals surface area contributed by atoms with E-state index in [1.165, 1.54) is 18.3 Å². The molecule has 1 amide bonds. The number of carbonyl (C=O) groups is 2. The Hall–Kier alpha value is -3.48. The molecule has 3 aromatic rings. The predicted molar refractivity (Wildman–Crippen MR) is 88.4 cm³/mol. The molecular weight excluding hydrogens is 308 g/mol. The van der Waals surface area contributed by atoms with Crippen molar-refractivity contribution in [2.24, 2.45) is 5.10 Å². The predicted octanol–water partition coefficient (Wildman–Crippen LogP) is 2.10. The summed E-state index contributed by atoms with van der Waals surface area (Å²) in [6.07, 6.45) is 3.21. The van der Waals surface area contributed by atoms with Crippen molar-refractivity contribution in [1.82, 2.24) is 14.8 Å². The second kappa shape index (κ2) is 6.33. The van der Waals surface area contributed by atoms with Crippen LogP contribution in [0.25, 0.3) is 5.65 Å². The van der Waals surface area contributed by atoms with Crippen LogP contribution in [-0.2, 0) is 0 Å². The van der Waals surface area contributed by atoms with Gasteiger partial charge in [-0.05, 0) is 36.8 Å². The highest BCUT2D eigenvalue weighted by atomic mass is 16.4. The van der Waals surface area contributed by atoms with Crippen molar-refractivity contribution >= 4 is 23.7 Å². The Labute approximate surface area is 137 Å².